The fourth-order valence-corrected chi connectivity index (χ4v) is 2.63. The molecule has 0 spiro atoms. The zero-order chi connectivity index (χ0) is 16.1. The number of nitrogens with zero attached hydrogens (tertiary/aromatic N) is 2. The van der Waals surface area contributed by atoms with Crippen LogP contribution in [0.1, 0.15) is 25.0 Å². The molecular formula is C18H18FN3O. The summed E-state index contributed by atoms with van der Waals surface area (Å²) in [6, 6.07) is 7.96. The maximum atomic E-state index is 13.0. The molecule has 1 heterocycles. The number of amides is 1. The number of aromatic nitrogens is 2. The zero-order valence-corrected chi connectivity index (χ0v) is 12.7. The number of nitrogens with one attached hydrogen (secondary N) is 1. The van der Waals surface area contributed by atoms with Gasteiger partial charge in [0, 0.05) is 11.5 Å². The van der Waals surface area contributed by atoms with Crippen LogP contribution in [0.2, 0.25) is 0 Å². The van der Waals surface area contributed by atoms with Crippen LogP contribution in [0.5, 0.6) is 0 Å². The minimum Gasteiger partial charge on any atom is -0.350 e. The molecule has 0 saturated heterocycles. The number of allylic oxidation sites excluding steroid dienone is 2. The van der Waals surface area contributed by atoms with Crippen molar-refractivity contribution in [2.45, 2.75) is 25.8 Å². The van der Waals surface area contributed by atoms with E-state index in [9.17, 15) is 9.18 Å². The summed E-state index contributed by atoms with van der Waals surface area (Å²) in [5.74, 6) is -0.161. The number of benzene rings is 1. The molecule has 0 saturated carbocycles. The Labute approximate surface area is 134 Å². The second kappa shape index (κ2) is 7.13. The summed E-state index contributed by atoms with van der Waals surface area (Å²) in [6.45, 7) is 0.371. The second-order valence-corrected chi connectivity index (χ2v) is 5.60. The summed E-state index contributed by atoms with van der Waals surface area (Å²) in [7, 11) is 0. The summed E-state index contributed by atoms with van der Waals surface area (Å²) in [4.78, 5) is 20.5. The lowest BCUT2D eigenvalue weighted by Gasteiger charge is -2.17. The molecule has 118 valence electrons. The van der Waals surface area contributed by atoms with Crippen molar-refractivity contribution in [2.24, 2.45) is 5.92 Å². The first kappa shape index (κ1) is 15.3. The molecule has 5 heteroatoms. The first-order valence-corrected chi connectivity index (χ1v) is 7.72. The van der Waals surface area contributed by atoms with Crippen LogP contribution in [0.15, 0.2) is 48.8 Å². The average Bonchev–Trinajstić information content (AvgIpc) is 2.61. The van der Waals surface area contributed by atoms with E-state index >= 15 is 0 Å². The summed E-state index contributed by atoms with van der Waals surface area (Å²) in [5, 5.41) is 2.93. The summed E-state index contributed by atoms with van der Waals surface area (Å²) >= 11 is 0. The van der Waals surface area contributed by atoms with E-state index in [0.29, 0.717) is 12.2 Å². The number of carbonyl (C=O) groups excluding carboxylic acids is 1. The molecule has 1 amide bonds. The van der Waals surface area contributed by atoms with Gasteiger partial charge in [-0.2, -0.15) is 0 Å². The van der Waals surface area contributed by atoms with E-state index in [0.717, 1.165) is 30.5 Å². The van der Waals surface area contributed by atoms with E-state index in [4.69, 9.17) is 0 Å². The van der Waals surface area contributed by atoms with E-state index in [2.05, 4.69) is 27.4 Å². The SMILES string of the molecule is O=C(NCc1cc(-c2ccc(F)cc2)ncn1)C1CC=CCC1. The Bertz CT molecular complexity index is 712. The van der Waals surface area contributed by atoms with Crippen LogP contribution >= 0.6 is 0 Å². The Balaban J connectivity index is 1.64. The van der Waals surface area contributed by atoms with Crippen LogP contribution in [0.3, 0.4) is 0 Å². The highest BCUT2D eigenvalue weighted by atomic mass is 19.1. The van der Waals surface area contributed by atoms with Crippen molar-refractivity contribution in [1.29, 1.82) is 0 Å². The van der Waals surface area contributed by atoms with Gasteiger partial charge in [0.15, 0.2) is 0 Å². The van der Waals surface area contributed by atoms with E-state index in [1.165, 1.54) is 18.5 Å². The number of hydrogen-bond acceptors (Lipinski definition) is 3. The predicted octanol–water partition coefficient (Wildman–Crippen LogP) is 3.26. The second-order valence-electron chi connectivity index (χ2n) is 5.60. The molecule has 1 aromatic carbocycles. The molecule has 0 aliphatic heterocycles. The molecule has 1 aromatic heterocycles. The molecule has 1 atom stereocenters. The van der Waals surface area contributed by atoms with E-state index in [1.54, 1.807) is 12.1 Å². The molecule has 0 radical (unpaired) electrons. The van der Waals surface area contributed by atoms with Crippen molar-refractivity contribution in [3.63, 3.8) is 0 Å². The minimum absolute atomic E-state index is 0.0541. The number of carbonyl (C=O) groups is 1. The van der Waals surface area contributed by atoms with Crippen LogP contribution in [0.25, 0.3) is 11.3 Å². The smallest absolute Gasteiger partial charge is 0.223 e. The lowest BCUT2D eigenvalue weighted by molar-refractivity contribution is -0.125. The van der Waals surface area contributed by atoms with Gasteiger partial charge < -0.3 is 5.32 Å². The maximum absolute atomic E-state index is 13.0. The molecular weight excluding hydrogens is 293 g/mol. The van der Waals surface area contributed by atoms with Crippen LogP contribution < -0.4 is 5.32 Å². The number of halogens is 1. The Morgan fingerprint density at radius 3 is 2.78 bits per heavy atom. The quantitative estimate of drug-likeness (QED) is 0.882. The molecule has 0 bridgehead atoms. The normalized spacial score (nSPS) is 17.0. The first-order chi connectivity index (χ1) is 11.2. The maximum Gasteiger partial charge on any atom is 0.223 e. The van der Waals surface area contributed by atoms with Gasteiger partial charge in [-0.3, -0.25) is 4.79 Å². The zero-order valence-electron chi connectivity index (χ0n) is 12.7. The van der Waals surface area contributed by atoms with Gasteiger partial charge in [0.2, 0.25) is 5.91 Å². The fraction of sp³-hybridized carbons (Fsp3) is 0.278. The molecule has 1 aliphatic rings. The third-order valence-corrected chi connectivity index (χ3v) is 3.95. The van der Waals surface area contributed by atoms with Gasteiger partial charge in [-0.05, 0) is 49.6 Å². The molecule has 3 rings (SSSR count). The average molecular weight is 311 g/mol. The Kier molecular flexibility index (Phi) is 4.76. The van der Waals surface area contributed by atoms with Gasteiger partial charge in [0.1, 0.15) is 12.1 Å². The fourth-order valence-electron chi connectivity index (χ4n) is 2.63. The summed E-state index contributed by atoms with van der Waals surface area (Å²) in [6.07, 6.45) is 8.29. The van der Waals surface area contributed by atoms with Gasteiger partial charge in [-0.15, -0.1) is 0 Å². The van der Waals surface area contributed by atoms with Crippen molar-refractivity contribution in [1.82, 2.24) is 15.3 Å². The van der Waals surface area contributed by atoms with Crippen LogP contribution in [0, 0.1) is 11.7 Å². The monoisotopic (exact) mass is 311 g/mol. The third-order valence-electron chi connectivity index (χ3n) is 3.95. The molecule has 4 nitrogen and oxygen atoms in total. The highest BCUT2D eigenvalue weighted by molar-refractivity contribution is 5.78. The Hall–Kier alpha value is -2.56. The van der Waals surface area contributed by atoms with Gasteiger partial charge in [0.05, 0.1) is 17.9 Å². The first-order valence-electron chi connectivity index (χ1n) is 7.72. The van der Waals surface area contributed by atoms with Gasteiger partial charge >= 0.3 is 0 Å². The minimum atomic E-state index is -0.281. The molecule has 2 aromatic rings. The number of rotatable bonds is 4. The highest BCUT2D eigenvalue weighted by Gasteiger charge is 2.18. The van der Waals surface area contributed by atoms with Crippen LogP contribution in [-0.4, -0.2) is 15.9 Å². The molecule has 1 aliphatic carbocycles. The van der Waals surface area contributed by atoms with E-state index in [-0.39, 0.29) is 17.6 Å². The molecule has 23 heavy (non-hydrogen) atoms. The van der Waals surface area contributed by atoms with Crippen molar-refractivity contribution >= 4 is 5.91 Å². The molecule has 1 unspecified atom stereocenters. The van der Waals surface area contributed by atoms with Crippen molar-refractivity contribution in [3.05, 3.63) is 60.3 Å². The molecule has 0 fully saturated rings. The van der Waals surface area contributed by atoms with Crippen LogP contribution in [-0.2, 0) is 11.3 Å². The third kappa shape index (κ3) is 4.00. The standard InChI is InChI=1S/C18H18FN3O/c19-15-8-6-13(7-9-15)17-10-16(21-12-22-17)11-20-18(23)14-4-2-1-3-5-14/h1-2,6-10,12,14H,3-5,11H2,(H,20,23). The summed E-state index contributed by atoms with van der Waals surface area (Å²) in [5.41, 5.74) is 2.27. The van der Waals surface area contributed by atoms with Gasteiger partial charge in [0.25, 0.3) is 0 Å². The van der Waals surface area contributed by atoms with Gasteiger partial charge in [-0.25, -0.2) is 14.4 Å². The van der Waals surface area contributed by atoms with Crippen molar-refractivity contribution < 1.29 is 9.18 Å². The van der Waals surface area contributed by atoms with Crippen molar-refractivity contribution in [3.8, 4) is 11.3 Å². The lowest BCUT2D eigenvalue weighted by Crippen LogP contribution is -2.31. The van der Waals surface area contributed by atoms with Gasteiger partial charge in [-0.1, -0.05) is 12.2 Å². The van der Waals surface area contributed by atoms with Crippen LogP contribution in [0.4, 0.5) is 4.39 Å². The summed E-state index contributed by atoms with van der Waals surface area (Å²) < 4.78 is 13.0. The lowest BCUT2D eigenvalue weighted by atomic mass is 9.94. The molecule has 1 N–H and O–H groups in total. The van der Waals surface area contributed by atoms with E-state index < -0.39 is 0 Å². The Morgan fingerprint density at radius 2 is 2.04 bits per heavy atom. The van der Waals surface area contributed by atoms with Crippen molar-refractivity contribution in [2.75, 3.05) is 0 Å². The van der Waals surface area contributed by atoms with E-state index in [1.807, 2.05) is 6.07 Å². The Morgan fingerprint density at radius 1 is 1.22 bits per heavy atom. The largest absolute Gasteiger partial charge is 0.350 e. The number of hydrogen-bond donors (Lipinski definition) is 1. The highest BCUT2D eigenvalue weighted by Crippen LogP contribution is 2.19. The topological polar surface area (TPSA) is 54.9 Å². The predicted molar refractivity (Wildman–Crippen MR) is 85.8 cm³/mol.